The van der Waals surface area contributed by atoms with Gasteiger partial charge in [-0.1, -0.05) is 26.2 Å². The number of esters is 1. The van der Waals surface area contributed by atoms with Crippen LogP contribution in [0, 0.1) is 0 Å². The van der Waals surface area contributed by atoms with E-state index in [2.05, 4.69) is 6.92 Å². The van der Waals surface area contributed by atoms with Gasteiger partial charge >= 0.3 is 5.97 Å². The van der Waals surface area contributed by atoms with E-state index < -0.39 is 30.1 Å². The first-order chi connectivity index (χ1) is 9.13. The number of aliphatic hydroxyl groups excluding tert-OH is 1. The Bertz CT molecular complexity index is 342. The Morgan fingerprint density at radius 2 is 2.05 bits per heavy atom. The molecule has 2 aliphatic rings. The first-order valence-electron chi connectivity index (χ1n) is 6.83. The van der Waals surface area contributed by atoms with E-state index in [1.807, 2.05) is 0 Å². The third-order valence-corrected chi connectivity index (χ3v) is 3.42. The maximum atomic E-state index is 11.6. The van der Waals surface area contributed by atoms with E-state index in [-0.39, 0.29) is 12.9 Å². The Hall–Kier alpha value is -0.980. The molecule has 0 aromatic carbocycles. The average molecular weight is 272 g/mol. The summed E-state index contributed by atoms with van der Waals surface area (Å²) in [6, 6.07) is 0. The fraction of sp³-hybridized carbons (Fsp3) is 0.846. The zero-order valence-electron chi connectivity index (χ0n) is 11.0. The van der Waals surface area contributed by atoms with Gasteiger partial charge in [0.2, 0.25) is 11.9 Å². The summed E-state index contributed by atoms with van der Waals surface area (Å²) in [5, 5.41) is 9.24. The van der Waals surface area contributed by atoms with Crippen LogP contribution in [-0.4, -0.2) is 48.1 Å². The number of aliphatic hydroxyl groups is 1. The summed E-state index contributed by atoms with van der Waals surface area (Å²) >= 11 is 0. The molecule has 0 bridgehead atoms. The van der Waals surface area contributed by atoms with E-state index in [9.17, 15) is 14.7 Å². The lowest BCUT2D eigenvalue weighted by atomic mass is 10.1. The van der Waals surface area contributed by atoms with Gasteiger partial charge in [0.15, 0.2) is 12.4 Å². The van der Waals surface area contributed by atoms with Gasteiger partial charge in [0.1, 0.15) is 6.10 Å². The average Bonchev–Trinajstić information content (AvgIpc) is 2.96. The molecule has 1 unspecified atom stereocenters. The van der Waals surface area contributed by atoms with Crippen LogP contribution in [0.15, 0.2) is 0 Å². The third kappa shape index (κ3) is 3.32. The number of carbonyl (C=O) groups excluding carboxylic acids is 2. The van der Waals surface area contributed by atoms with Crippen molar-refractivity contribution in [1.82, 2.24) is 0 Å². The lowest BCUT2D eigenvalue weighted by molar-refractivity contribution is -0.152. The number of hydrogen-bond acceptors (Lipinski definition) is 6. The highest BCUT2D eigenvalue weighted by Crippen LogP contribution is 2.25. The van der Waals surface area contributed by atoms with E-state index in [0.717, 1.165) is 19.3 Å². The minimum absolute atomic E-state index is 0.217. The molecule has 0 aromatic heterocycles. The van der Waals surface area contributed by atoms with Gasteiger partial charge in [-0.05, 0) is 12.8 Å². The zero-order valence-corrected chi connectivity index (χ0v) is 11.0. The van der Waals surface area contributed by atoms with Gasteiger partial charge in [0, 0.05) is 0 Å². The minimum atomic E-state index is -1.67. The Labute approximate surface area is 112 Å². The van der Waals surface area contributed by atoms with Crippen LogP contribution in [0.25, 0.3) is 0 Å². The largest absolute Gasteiger partial charge is 0.449 e. The summed E-state index contributed by atoms with van der Waals surface area (Å²) in [5.74, 6) is -1.53. The van der Waals surface area contributed by atoms with E-state index in [1.165, 1.54) is 12.8 Å². The fourth-order valence-corrected chi connectivity index (χ4v) is 2.30. The molecular weight excluding hydrogens is 252 g/mol. The minimum Gasteiger partial charge on any atom is -0.449 e. The lowest BCUT2D eigenvalue weighted by Crippen LogP contribution is -2.36. The van der Waals surface area contributed by atoms with Crippen LogP contribution >= 0.6 is 0 Å². The van der Waals surface area contributed by atoms with Gasteiger partial charge in [0.25, 0.3) is 0 Å². The molecule has 6 heteroatoms. The number of unbranched alkanes of at least 4 members (excludes halogenated alkanes) is 3. The van der Waals surface area contributed by atoms with Crippen LogP contribution in [0.2, 0.25) is 0 Å². The molecule has 4 atom stereocenters. The Balaban J connectivity index is 1.76. The standard InChI is InChI=1S/C13H20O6/c1-2-3-4-5-6-9-17-7-8(18-9)12-10(14)11(15)13(16)19-12/h8-9,11-12,15H,2-7H2,1H3/t8-,9+,11?,12+/m0/s1. The number of carbonyl (C=O) groups is 2. The summed E-state index contributed by atoms with van der Waals surface area (Å²) in [6.07, 6.45) is 1.62. The van der Waals surface area contributed by atoms with E-state index in [0.29, 0.717) is 0 Å². The van der Waals surface area contributed by atoms with Gasteiger partial charge in [-0.3, -0.25) is 4.79 Å². The zero-order chi connectivity index (χ0) is 13.8. The highest BCUT2D eigenvalue weighted by atomic mass is 16.7. The van der Waals surface area contributed by atoms with E-state index in [4.69, 9.17) is 14.2 Å². The second kappa shape index (κ2) is 6.45. The van der Waals surface area contributed by atoms with Crippen molar-refractivity contribution < 1.29 is 28.9 Å². The van der Waals surface area contributed by atoms with Crippen LogP contribution in [0.4, 0.5) is 0 Å². The topological polar surface area (TPSA) is 82.1 Å². The van der Waals surface area contributed by atoms with Gasteiger partial charge in [-0.15, -0.1) is 0 Å². The molecule has 0 aromatic rings. The Morgan fingerprint density at radius 1 is 1.26 bits per heavy atom. The summed E-state index contributed by atoms with van der Waals surface area (Å²) in [4.78, 5) is 22.7. The van der Waals surface area contributed by atoms with Crippen molar-refractivity contribution >= 4 is 11.8 Å². The molecule has 19 heavy (non-hydrogen) atoms. The quantitative estimate of drug-likeness (QED) is 0.432. The monoisotopic (exact) mass is 272 g/mol. The molecule has 2 rings (SSSR count). The Morgan fingerprint density at radius 3 is 2.68 bits per heavy atom. The second-order valence-electron chi connectivity index (χ2n) is 4.95. The molecule has 2 heterocycles. The predicted octanol–water partition coefficient (Wildman–Crippen LogP) is 0.554. The first-order valence-corrected chi connectivity index (χ1v) is 6.83. The van der Waals surface area contributed by atoms with Crippen molar-refractivity contribution in [3.8, 4) is 0 Å². The molecular formula is C13H20O6. The molecule has 1 N–H and O–H groups in total. The molecule has 108 valence electrons. The predicted molar refractivity (Wildman–Crippen MR) is 64.3 cm³/mol. The van der Waals surface area contributed by atoms with E-state index in [1.54, 1.807) is 0 Å². The summed E-state index contributed by atoms with van der Waals surface area (Å²) < 4.78 is 15.8. The summed E-state index contributed by atoms with van der Waals surface area (Å²) in [5.41, 5.74) is 0. The number of ketones is 1. The van der Waals surface area contributed by atoms with Crippen LogP contribution < -0.4 is 0 Å². The Kier molecular flexibility index (Phi) is 4.90. The number of Topliss-reactive ketones (excluding diaryl/α,β-unsaturated/α-hetero) is 1. The molecule has 0 radical (unpaired) electrons. The van der Waals surface area contributed by atoms with E-state index >= 15 is 0 Å². The number of hydrogen-bond donors (Lipinski definition) is 1. The normalized spacial score (nSPS) is 34.8. The maximum absolute atomic E-state index is 11.6. The van der Waals surface area contributed by atoms with Gasteiger partial charge in [-0.2, -0.15) is 0 Å². The molecule has 0 aliphatic carbocycles. The second-order valence-corrected chi connectivity index (χ2v) is 4.95. The molecule has 6 nitrogen and oxygen atoms in total. The molecule has 2 saturated heterocycles. The molecule has 0 amide bonds. The molecule has 2 fully saturated rings. The van der Waals surface area contributed by atoms with Crippen molar-refractivity contribution in [1.29, 1.82) is 0 Å². The highest BCUT2D eigenvalue weighted by Gasteiger charge is 2.49. The van der Waals surface area contributed by atoms with Crippen molar-refractivity contribution in [3.63, 3.8) is 0 Å². The fourth-order valence-electron chi connectivity index (χ4n) is 2.30. The number of ether oxygens (including phenoxy) is 3. The maximum Gasteiger partial charge on any atom is 0.343 e. The van der Waals surface area contributed by atoms with Crippen molar-refractivity contribution in [3.05, 3.63) is 0 Å². The first kappa shape index (κ1) is 14.4. The number of rotatable bonds is 6. The van der Waals surface area contributed by atoms with Crippen molar-refractivity contribution in [2.45, 2.75) is 63.6 Å². The van der Waals surface area contributed by atoms with Crippen LogP contribution in [0.1, 0.15) is 39.0 Å². The molecule has 0 saturated carbocycles. The number of cyclic esters (lactones) is 1. The SMILES string of the molecule is CCCCCC[C@@H]1OC[C@@H]([C@H]2OC(=O)C(O)C2=O)O1. The summed E-state index contributed by atoms with van der Waals surface area (Å²) in [6.45, 7) is 2.36. The third-order valence-electron chi connectivity index (χ3n) is 3.42. The van der Waals surface area contributed by atoms with Crippen LogP contribution in [-0.2, 0) is 23.8 Å². The smallest absolute Gasteiger partial charge is 0.343 e. The highest BCUT2D eigenvalue weighted by molar-refractivity contribution is 6.09. The van der Waals surface area contributed by atoms with Gasteiger partial charge < -0.3 is 19.3 Å². The van der Waals surface area contributed by atoms with Crippen molar-refractivity contribution in [2.24, 2.45) is 0 Å². The van der Waals surface area contributed by atoms with Gasteiger partial charge in [0.05, 0.1) is 6.61 Å². The van der Waals surface area contributed by atoms with Crippen LogP contribution in [0.3, 0.4) is 0 Å². The molecule has 2 aliphatic heterocycles. The lowest BCUT2D eigenvalue weighted by Gasteiger charge is -2.15. The summed E-state index contributed by atoms with van der Waals surface area (Å²) in [7, 11) is 0. The van der Waals surface area contributed by atoms with Gasteiger partial charge in [-0.25, -0.2) is 4.79 Å². The van der Waals surface area contributed by atoms with Crippen molar-refractivity contribution in [2.75, 3.05) is 6.61 Å². The molecule has 0 spiro atoms. The van der Waals surface area contributed by atoms with Crippen LogP contribution in [0.5, 0.6) is 0 Å².